The number of nitrogens with zero attached hydrogens (tertiary/aromatic N) is 1. The van der Waals surface area contributed by atoms with Crippen LogP contribution in [0.1, 0.15) is 39.7 Å². The number of hydrogen-bond acceptors (Lipinski definition) is 5. The summed E-state index contributed by atoms with van der Waals surface area (Å²) in [5, 5.41) is 9.13. The van der Waals surface area contributed by atoms with Gasteiger partial charge in [-0.05, 0) is 44.9 Å². The molecule has 1 aromatic rings. The van der Waals surface area contributed by atoms with Crippen molar-refractivity contribution in [1.29, 1.82) is 0 Å². The first-order valence-corrected chi connectivity index (χ1v) is 8.51. The number of hydrogen-bond donors (Lipinski definition) is 1. The van der Waals surface area contributed by atoms with Gasteiger partial charge in [0.05, 0.1) is 11.5 Å². The fourth-order valence-corrected chi connectivity index (χ4v) is 3.22. The van der Waals surface area contributed by atoms with Crippen molar-refractivity contribution in [2.75, 3.05) is 6.54 Å². The molecule has 0 aromatic heterocycles. The van der Waals surface area contributed by atoms with E-state index in [2.05, 4.69) is 0 Å². The first-order chi connectivity index (χ1) is 10.1. The van der Waals surface area contributed by atoms with E-state index in [1.54, 1.807) is 33.8 Å². The lowest BCUT2D eigenvalue weighted by atomic mass is 10.2. The number of carbonyl (C=O) groups is 1. The van der Waals surface area contributed by atoms with E-state index in [4.69, 9.17) is 9.84 Å². The summed E-state index contributed by atoms with van der Waals surface area (Å²) < 4.78 is 31.2. The van der Waals surface area contributed by atoms with Gasteiger partial charge in [-0.1, -0.05) is 19.1 Å². The van der Waals surface area contributed by atoms with Gasteiger partial charge in [0.25, 0.3) is 10.0 Å². The minimum absolute atomic E-state index is 0.0284. The van der Waals surface area contributed by atoms with Crippen molar-refractivity contribution in [3.8, 4) is 0 Å². The Hall–Kier alpha value is -1.60. The number of rotatable bonds is 5. The van der Waals surface area contributed by atoms with E-state index in [1.807, 2.05) is 0 Å². The smallest absolute Gasteiger partial charge is 0.424 e. The maximum atomic E-state index is 12.7. The van der Waals surface area contributed by atoms with Crippen LogP contribution in [0.3, 0.4) is 0 Å². The summed E-state index contributed by atoms with van der Waals surface area (Å²) in [6.45, 7) is 6.55. The second-order valence-corrected chi connectivity index (χ2v) is 7.73. The van der Waals surface area contributed by atoms with Crippen molar-refractivity contribution in [2.45, 2.75) is 51.2 Å². The normalized spacial score (nSPS) is 12.0. The summed E-state index contributed by atoms with van der Waals surface area (Å²) in [5.74, 6) is 0. The Morgan fingerprint density at radius 1 is 1.32 bits per heavy atom. The summed E-state index contributed by atoms with van der Waals surface area (Å²) in [6.07, 6.45) is -0.429. The van der Waals surface area contributed by atoms with E-state index in [1.165, 1.54) is 18.2 Å². The van der Waals surface area contributed by atoms with Crippen LogP contribution < -0.4 is 0 Å². The standard InChI is InChI=1S/C15H23NO5S/c1-5-9-16(14(18)21-15(2,3)4)22(19,20)13-8-6-7-12(10-13)11-17/h6-8,10,17H,5,9,11H2,1-4H3. The maximum absolute atomic E-state index is 12.7. The van der Waals surface area contributed by atoms with Crippen LogP contribution in [-0.4, -0.2) is 36.1 Å². The zero-order valence-electron chi connectivity index (χ0n) is 13.4. The molecule has 7 heteroatoms. The van der Waals surface area contributed by atoms with Gasteiger partial charge in [-0.15, -0.1) is 0 Å². The summed E-state index contributed by atoms with van der Waals surface area (Å²) in [6, 6.07) is 5.87. The van der Waals surface area contributed by atoms with Gasteiger partial charge in [0.2, 0.25) is 0 Å². The second-order valence-electron chi connectivity index (χ2n) is 5.86. The second kappa shape index (κ2) is 7.11. The molecule has 0 saturated heterocycles. The summed E-state index contributed by atoms with van der Waals surface area (Å²) in [5.41, 5.74) is -0.326. The van der Waals surface area contributed by atoms with E-state index in [-0.39, 0.29) is 18.0 Å². The van der Waals surface area contributed by atoms with Crippen LogP contribution in [0.2, 0.25) is 0 Å². The third kappa shape index (κ3) is 4.71. The average molecular weight is 329 g/mol. The van der Waals surface area contributed by atoms with Gasteiger partial charge in [-0.3, -0.25) is 0 Å². The Labute approximate surface area is 131 Å². The number of sulfonamides is 1. The highest BCUT2D eigenvalue weighted by molar-refractivity contribution is 7.89. The van der Waals surface area contributed by atoms with Crippen LogP contribution >= 0.6 is 0 Å². The number of amides is 1. The molecule has 0 radical (unpaired) electrons. The van der Waals surface area contributed by atoms with E-state index >= 15 is 0 Å². The number of aliphatic hydroxyl groups is 1. The molecule has 0 atom stereocenters. The van der Waals surface area contributed by atoms with Gasteiger partial charge in [0, 0.05) is 6.54 Å². The van der Waals surface area contributed by atoms with Crippen LogP contribution in [-0.2, 0) is 21.4 Å². The maximum Gasteiger partial charge on any atom is 0.424 e. The number of aliphatic hydroxyl groups excluding tert-OH is 1. The Kier molecular flexibility index (Phi) is 5.96. The first kappa shape index (κ1) is 18.4. The minimum Gasteiger partial charge on any atom is -0.443 e. The SMILES string of the molecule is CCCN(C(=O)OC(C)(C)C)S(=O)(=O)c1cccc(CO)c1. The van der Waals surface area contributed by atoms with Crippen LogP contribution in [0.15, 0.2) is 29.2 Å². The molecule has 22 heavy (non-hydrogen) atoms. The first-order valence-electron chi connectivity index (χ1n) is 7.07. The van der Waals surface area contributed by atoms with Gasteiger partial charge in [-0.2, -0.15) is 0 Å². The molecule has 0 fully saturated rings. The highest BCUT2D eigenvalue weighted by Crippen LogP contribution is 2.20. The van der Waals surface area contributed by atoms with Gasteiger partial charge >= 0.3 is 6.09 Å². The molecule has 1 N–H and O–H groups in total. The summed E-state index contributed by atoms with van der Waals surface area (Å²) in [4.78, 5) is 12.2. The molecular formula is C15H23NO5S. The Balaban J connectivity index is 3.20. The number of benzene rings is 1. The van der Waals surface area contributed by atoms with Crippen LogP contribution in [0.25, 0.3) is 0 Å². The lowest BCUT2D eigenvalue weighted by molar-refractivity contribution is 0.0391. The number of ether oxygens (including phenoxy) is 1. The molecule has 0 spiro atoms. The highest BCUT2D eigenvalue weighted by Gasteiger charge is 2.32. The Morgan fingerprint density at radius 2 is 1.95 bits per heavy atom. The fraction of sp³-hybridized carbons (Fsp3) is 0.533. The molecule has 0 aliphatic heterocycles. The quantitative estimate of drug-likeness (QED) is 0.897. The van der Waals surface area contributed by atoms with Crippen molar-refractivity contribution in [2.24, 2.45) is 0 Å². The van der Waals surface area contributed by atoms with E-state index < -0.39 is 21.7 Å². The Morgan fingerprint density at radius 3 is 2.45 bits per heavy atom. The van der Waals surface area contributed by atoms with Gasteiger partial charge in [-0.25, -0.2) is 17.5 Å². The van der Waals surface area contributed by atoms with Crippen molar-refractivity contribution >= 4 is 16.1 Å². The fourth-order valence-electron chi connectivity index (χ4n) is 1.76. The van der Waals surface area contributed by atoms with Crippen LogP contribution in [0.4, 0.5) is 4.79 Å². The molecule has 124 valence electrons. The molecule has 1 amide bonds. The van der Waals surface area contributed by atoms with Crippen LogP contribution in [0, 0.1) is 0 Å². The van der Waals surface area contributed by atoms with E-state index in [9.17, 15) is 13.2 Å². The summed E-state index contributed by atoms with van der Waals surface area (Å²) in [7, 11) is -4.02. The molecule has 0 unspecified atom stereocenters. The lowest BCUT2D eigenvalue weighted by Gasteiger charge is -2.26. The molecule has 0 bridgehead atoms. The molecule has 0 heterocycles. The molecule has 0 saturated carbocycles. The third-order valence-electron chi connectivity index (χ3n) is 2.69. The predicted molar refractivity (Wildman–Crippen MR) is 82.8 cm³/mol. The predicted octanol–water partition coefficient (Wildman–Crippen LogP) is 2.51. The molecule has 0 aliphatic carbocycles. The van der Waals surface area contributed by atoms with Crippen molar-refractivity contribution in [1.82, 2.24) is 4.31 Å². The molecule has 1 aromatic carbocycles. The number of carbonyl (C=O) groups excluding carboxylic acids is 1. The molecule has 1 rings (SSSR count). The van der Waals surface area contributed by atoms with Crippen molar-refractivity contribution < 1.29 is 23.1 Å². The zero-order chi connectivity index (χ0) is 17.0. The molecular weight excluding hydrogens is 306 g/mol. The topological polar surface area (TPSA) is 83.9 Å². The highest BCUT2D eigenvalue weighted by atomic mass is 32.2. The van der Waals surface area contributed by atoms with Crippen molar-refractivity contribution in [3.63, 3.8) is 0 Å². The summed E-state index contributed by atoms with van der Waals surface area (Å²) >= 11 is 0. The largest absolute Gasteiger partial charge is 0.443 e. The average Bonchev–Trinajstić information content (AvgIpc) is 2.42. The lowest BCUT2D eigenvalue weighted by Crippen LogP contribution is -2.41. The van der Waals surface area contributed by atoms with Gasteiger partial charge < -0.3 is 9.84 Å². The van der Waals surface area contributed by atoms with Gasteiger partial charge in [0.1, 0.15) is 5.60 Å². The van der Waals surface area contributed by atoms with E-state index in [0.29, 0.717) is 12.0 Å². The Bertz CT molecular complexity index is 619. The minimum atomic E-state index is -4.02. The zero-order valence-corrected chi connectivity index (χ0v) is 14.2. The molecule has 0 aliphatic rings. The van der Waals surface area contributed by atoms with Gasteiger partial charge in [0.15, 0.2) is 0 Å². The monoisotopic (exact) mass is 329 g/mol. The van der Waals surface area contributed by atoms with Crippen molar-refractivity contribution in [3.05, 3.63) is 29.8 Å². The third-order valence-corrected chi connectivity index (χ3v) is 4.45. The van der Waals surface area contributed by atoms with E-state index in [0.717, 1.165) is 4.31 Å². The molecule has 6 nitrogen and oxygen atoms in total. The van der Waals surface area contributed by atoms with Crippen LogP contribution in [0.5, 0.6) is 0 Å².